The maximum Gasteiger partial charge on any atom is 0.133 e. The summed E-state index contributed by atoms with van der Waals surface area (Å²) in [6, 6.07) is -0.171. The lowest BCUT2D eigenvalue weighted by molar-refractivity contribution is 0.312. The smallest absolute Gasteiger partial charge is 0.133 e. The molecule has 0 aliphatic rings. The minimum atomic E-state index is -0.983. The normalized spacial score (nSPS) is 12.1. The fraction of sp³-hybridized carbons (Fsp3) is 0.692. The van der Waals surface area contributed by atoms with E-state index >= 15 is 0 Å². The number of halogens is 1. The van der Waals surface area contributed by atoms with Crippen molar-refractivity contribution in [1.82, 2.24) is 5.32 Å². The van der Waals surface area contributed by atoms with Crippen molar-refractivity contribution in [2.75, 3.05) is 7.05 Å². The number of hydrogen-bond donors (Lipinski definition) is 1. The van der Waals surface area contributed by atoms with E-state index in [9.17, 15) is 4.39 Å². The third kappa shape index (κ3) is 16.1. The van der Waals surface area contributed by atoms with Crippen LogP contribution in [0.4, 0.5) is 4.39 Å². The van der Waals surface area contributed by atoms with Gasteiger partial charge in [0.1, 0.15) is 6.17 Å². The second-order valence-corrected chi connectivity index (χ2v) is 2.81. The molecule has 0 saturated carbocycles. The van der Waals surface area contributed by atoms with Crippen LogP contribution in [0.3, 0.4) is 0 Å². The van der Waals surface area contributed by atoms with Crippen molar-refractivity contribution in [1.29, 1.82) is 0 Å². The fourth-order valence-corrected chi connectivity index (χ4v) is 0.751. The molecule has 0 heterocycles. The van der Waals surface area contributed by atoms with Crippen LogP contribution >= 0.6 is 0 Å². The molecule has 0 rings (SSSR count). The quantitative estimate of drug-likeness (QED) is 0.683. The predicted molar refractivity (Wildman–Crippen MR) is 70.1 cm³/mol. The van der Waals surface area contributed by atoms with E-state index in [1.54, 1.807) is 13.1 Å². The van der Waals surface area contributed by atoms with Crippen LogP contribution in [0.15, 0.2) is 25.3 Å². The Labute approximate surface area is 95.5 Å². The van der Waals surface area contributed by atoms with Gasteiger partial charge in [-0.2, -0.15) is 0 Å². The topological polar surface area (TPSA) is 12.0 Å². The average Bonchev–Trinajstić information content (AvgIpc) is 2.28. The number of alkyl halides is 1. The van der Waals surface area contributed by atoms with Crippen molar-refractivity contribution in [2.45, 2.75) is 52.8 Å². The van der Waals surface area contributed by atoms with Crippen LogP contribution in [0.25, 0.3) is 0 Å². The van der Waals surface area contributed by atoms with Crippen molar-refractivity contribution in [3.63, 3.8) is 0 Å². The van der Waals surface area contributed by atoms with Crippen LogP contribution < -0.4 is 5.32 Å². The molecule has 0 fully saturated rings. The van der Waals surface area contributed by atoms with Crippen LogP contribution in [-0.4, -0.2) is 19.3 Å². The molecule has 0 aromatic heterocycles. The molecule has 2 unspecified atom stereocenters. The molecule has 0 aliphatic heterocycles. The molecule has 0 amide bonds. The Morgan fingerprint density at radius 1 is 1.27 bits per heavy atom. The van der Waals surface area contributed by atoms with E-state index in [0.717, 1.165) is 0 Å². The number of hydrogen-bond acceptors (Lipinski definition) is 1. The van der Waals surface area contributed by atoms with E-state index in [2.05, 4.69) is 32.3 Å². The summed E-state index contributed by atoms with van der Waals surface area (Å²) in [5, 5.41) is 2.84. The van der Waals surface area contributed by atoms with Crippen LogP contribution in [-0.2, 0) is 0 Å². The van der Waals surface area contributed by atoms with Gasteiger partial charge in [0.25, 0.3) is 0 Å². The van der Waals surface area contributed by atoms with Crippen molar-refractivity contribution < 1.29 is 4.39 Å². The van der Waals surface area contributed by atoms with Crippen molar-refractivity contribution in [3.8, 4) is 0 Å². The zero-order valence-corrected chi connectivity index (χ0v) is 11.0. The van der Waals surface area contributed by atoms with Gasteiger partial charge in [-0.1, -0.05) is 46.3 Å². The molecular weight excluding hydrogens is 189 g/mol. The van der Waals surface area contributed by atoms with Gasteiger partial charge in [0, 0.05) is 6.04 Å². The van der Waals surface area contributed by atoms with Gasteiger partial charge in [-0.15, -0.1) is 13.2 Å². The molecule has 0 bridgehead atoms. The average molecular weight is 217 g/mol. The fourth-order valence-electron chi connectivity index (χ4n) is 0.751. The molecule has 2 atom stereocenters. The summed E-state index contributed by atoms with van der Waals surface area (Å²) in [6.45, 7) is 15.1. The second kappa shape index (κ2) is 19.0. The highest BCUT2D eigenvalue weighted by Crippen LogP contribution is 2.03. The molecule has 1 N–H and O–H groups in total. The summed E-state index contributed by atoms with van der Waals surface area (Å²) in [6.07, 6.45) is 3.88. The van der Waals surface area contributed by atoms with Crippen LogP contribution in [0, 0.1) is 0 Å². The molecule has 0 radical (unpaired) electrons. The highest BCUT2D eigenvalue weighted by Gasteiger charge is 2.12. The predicted octanol–water partition coefficient (Wildman–Crippen LogP) is 4.12. The Hall–Kier alpha value is -0.630. The standard InChI is InChI=1S/C8H14FN.C3H8.C2H6/c1-4-6-8(10-3)7(9)5-2;1-3-2;1-2/h4-5,7-8,10H,1-2,6H2,3H3;3H2,1-2H3;1-2H3. The van der Waals surface area contributed by atoms with Gasteiger partial charge in [-0.3, -0.25) is 0 Å². The highest BCUT2D eigenvalue weighted by molar-refractivity contribution is 4.92. The van der Waals surface area contributed by atoms with E-state index in [-0.39, 0.29) is 6.04 Å². The van der Waals surface area contributed by atoms with Crippen LogP contribution in [0.1, 0.15) is 40.5 Å². The number of nitrogens with one attached hydrogen (secondary N) is 1. The summed E-state index contributed by atoms with van der Waals surface area (Å²) >= 11 is 0. The largest absolute Gasteiger partial charge is 0.314 e. The zero-order valence-electron chi connectivity index (χ0n) is 11.0. The monoisotopic (exact) mass is 217 g/mol. The molecule has 1 nitrogen and oxygen atoms in total. The van der Waals surface area contributed by atoms with Gasteiger partial charge in [0.15, 0.2) is 0 Å². The Kier molecular flexibility index (Phi) is 25.2. The second-order valence-electron chi connectivity index (χ2n) is 2.81. The Bertz CT molecular complexity index is 124. The third-order valence-corrected chi connectivity index (χ3v) is 1.40. The van der Waals surface area contributed by atoms with E-state index in [1.165, 1.54) is 12.5 Å². The maximum atomic E-state index is 12.8. The minimum absolute atomic E-state index is 0.171. The highest BCUT2D eigenvalue weighted by atomic mass is 19.1. The Morgan fingerprint density at radius 3 is 1.87 bits per heavy atom. The van der Waals surface area contributed by atoms with Crippen LogP contribution in [0.2, 0.25) is 0 Å². The summed E-state index contributed by atoms with van der Waals surface area (Å²) in [5.41, 5.74) is 0. The van der Waals surface area contributed by atoms with Crippen LogP contribution in [0.5, 0.6) is 0 Å². The lowest BCUT2D eigenvalue weighted by Crippen LogP contribution is -2.33. The molecule has 92 valence electrons. The summed E-state index contributed by atoms with van der Waals surface area (Å²) in [5.74, 6) is 0. The first-order valence-corrected chi connectivity index (χ1v) is 5.72. The van der Waals surface area contributed by atoms with E-state index in [4.69, 9.17) is 0 Å². The van der Waals surface area contributed by atoms with E-state index in [1.807, 2.05) is 13.8 Å². The maximum absolute atomic E-state index is 12.8. The first kappa shape index (κ1) is 19.9. The SMILES string of the molecule is C=CCC(NC)C(F)C=C.CC.CCC. The lowest BCUT2D eigenvalue weighted by atomic mass is 10.1. The van der Waals surface area contributed by atoms with Crippen molar-refractivity contribution >= 4 is 0 Å². The lowest BCUT2D eigenvalue weighted by Gasteiger charge is -2.15. The van der Waals surface area contributed by atoms with E-state index in [0.29, 0.717) is 6.42 Å². The van der Waals surface area contributed by atoms with Gasteiger partial charge in [-0.25, -0.2) is 4.39 Å². The van der Waals surface area contributed by atoms with Gasteiger partial charge >= 0.3 is 0 Å². The molecule has 2 heteroatoms. The zero-order chi connectivity index (χ0) is 12.7. The molecular formula is C13H28FN. The molecule has 0 aromatic carbocycles. The molecule has 15 heavy (non-hydrogen) atoms. The minimum Gasteiger partial charge on any atom is -0.314 e. The van der Waals surface area contributed by atoms with Gasteiger partial charge in [0.2, 0.25) is 0 Å². The molecule has 0 saturated heterocycles. The Morgan fingerprint density at radius 2 is 1.67 bits per heavy atom. The summed E-state index contributed by atoms with van der Waals surface area (Å²) in [4.78, 5) is 0. The van der Waals surface area contributed by atoms with E-state index < -0.39 is 6.17 Å². The molecule has 0 aliphatic carbocycles. The molecule has 0 spiro atoms. The first-order valence-electron chi connectivity index (χ1n) is 5.72. The molecule has 0 aromatic rings. The van der Waals surface area contributed by atoms with Gasteiger partial charge in [0.05, 0.1) is 0 Å². The van der Waals surface area contributed by atoms with Crippen molar-refractivity contribution in [2.24, 2.45) is 0 Å². The van der Waals surface area contributed by atoms with Crippen molar-refractivity contribution in [3.05, 3.63) is 25.3 Å². The Balaban J connectivity index is -0.000000245. The van der Waals surface area contributed by atoms with Gasteiger partial charge < -0.3 is 5.32 Å². The summed E-state index contributed by atoms with van der Waals surface area (Å²) in [7, 11) is 1.73. The number of rotatable bonds is 5. The first-order chi connectivity index (χ1) is 7.17. The summed E-state index contributed by atoms with van der Waals surface area (Å²) < 4.78 is 12.8. The third-order valence-electron chi connectivity index (χ3n) is 1.40. The van der Waals surface area contributed by atoms with Gasteiger partial charge in [-0.05, 0) is 13.5 Å².